The third-order valence-electron chi connectivity index (χ3n) is 2.27. The molecule has 1 amide bonds. The van der Waals surface area contributed by atoms with Crippen molar-refractivity contribution in [2.24, 2.45) is 11.7 Å². The number of carbonyl (C=O) groups is 1. The number of pyridine rings is 1. The van der Waals surface area contributed by atoms with Crippen molar-refractivity contribution in [2.75, 3.05) is 0 Å². The molecule has 0 unspecified atom stereocenters. The Balaban J connectivity index is 3.45. The van der Waals surface area contributed by atoms with E-state index >= 15 is 0 Å². The van der Waals surface area contributed by atoms with Gasteiger partial charge in [-0.3, -0.25) is 14.2 Å². The maximum Gasteiger partial charge on any atom is 0.254 e. The van der Waals surface area contributed by atoms with Crippen LogP contribution in [0.1, 0.15) is 29.8 Å². The van der Waals surface area contributed by atoms with E-state index < -0.39 is 5.91 Å². The molecule has 1 rings (SSSR count). The van der Waals surface area contributed by atoms with Gasteiger partial charge < -0.3 is 10.8 Å². The molecule has 1 aromatic heterocycles. The van der Waals surface area contributed by atoms with Gasteiger partial charge in [0.25, 0.3) is 11.5 Å². The van der Waals surface area contributed by atoms with Crippen LogP contribution in [0, 0.1) is 12.8 Å². The number of nitrogens with two attached hydrogens (primary N) is 1. The van der Waals surface area contributed by atoms with Crippen molar-refractivity contribution in [2.45, 2.75) is 27.3 Å². The van der Waals surface area contributed by atoms with E-state index in [1.54, 1.807) is 6.92 Å². The number of primary amides is 1. The van der Waals surface area contributed by atoms with Gasteiger partial charge in [0.15, 0.2) is 0 Å². The first-order chi connectivity index (χ1) is 7.34. The molecule has 3 N–H and O–H groups in total. The Kier molecular flexibility index (Phi) is 3.37. The highest BCUT2D eigenvalue weighted by atomic mass is 16.3. The van der Waals surface area contributed by atoms with Crippen LogP contribution in [-0.2, 0) is 6.54 Å². The summed E-state index contributed by atoms with van der Waals surface area (Å²) in [5, 5.41) is 9.83. The summed E-state index contributed by atoms with van der Waals surface area (Å²) >= 11 is 0. The second-order valence-corrected chi connectivity index (χ2v) is 4.23. The van der Waals surface area contributed by atoms with Crippen molar-refractivity contribution in [1.29, 1.82) is 0 Å². The molecule has 16 heavy (non-hydrogen) atoms. The van der Waals surface area contributed by atoms with Crippen LogP contribution in [0.3, 0.4) is 0 Å². The van der Waals surface area contributed by atoms with E-state index in [1.165, 1.54) is 6.07 Å². The van der Waals surface area contributed by atoms with Crippen molar-refractivity contribution in [3.05, 3.63) is 27.5 Å². The lowest BCUT2D eigenvalue weighted by Gasteiger charge is -2.14. The number of aromatic hydroxyl groups is 1. The van der Waals surface area contributed by atoms with Gasteiger partial charge in [-0.05, 0) is 18.4 Å². The van der Waals surface area contributed by atoms with Crippen molar-refractivity contribution >= 4 is 5.91 Å². The number of amides is 1. The van der Waals surface area contributed by atoms with E-state index in [0.717, 1.165) is 4.57 Å². The number of aryl methyl sites for hydroxylation is 1. The van der Waals surface area contributed by atoms with E-state index in [1.807, 2.05) is 13.8 Å². The zero-order chi connectivity index (χ0) is 12.5. The molecule has 5 heteroatoms. The topological polar surface area (TPSA) is 85.3 Å². The summed E-state index contributed by atoms with van der Waals surface area (Å²) in [6.45, 7) is 5.75. The largest absolute Gasteiger partial charge is 0.494 e. The highest BCUT2D eigenvalue weighted by molar-refractivity contribution is 5.96. The molecule has 0 aliphatic rings. The van der Waals surface area contributed by atoms with Crippen molar-refractivity contribution < 1.29 is 9.90 Å². The smallest absolute Gasteiger partial charge is 0.254 e. The highest BCUT2D eigenvalue weighted by Gasteiger charge is 2.17. The van der Waals surface area contributed by atoms with Crippen LogP contribution in [0.4, 0.5) is 0 Å². The molecule has 0 spiro atoms. The van der Waals surface area contributed by atoms with Crippen molar-refractivity contribution in [3.8, 4) is 5.88 Å². The van der Waals surface area contributed by atoms with Crippen molar-refractivity contribution in [3.63, 3.8) is 0 Å². The summed E-state index contributed by atoms with van der Waals surface area (Å²) in [4.78, 5) is 22.8. The molecule has 0 saturated heterocycles. The van der Waals surface area contributed by atoms with Crippen LogP contribution in [0.2, 0.25) is 0 Å². The summed E-state index contributed by atoms with van der Waals surface area (Å²) in [5.74, 6) is -0.884. The maximum absolute atomic E-state index is 11.6. The van der Waals surface area contributed by atoms with Crippen LogP contribution in [0.5, 0.6) is 5.88 Å². The van der Waals surface area contributed by atoms with Gasteiger partial charge in [0, 0.05) is 12.6 Å². The third kappa shape index (κ3) is 2.24. The molecule has 88 valence electrons. The predicted molar refractivity (Wildman–Crippen MR) is 60.5 cm³/mol. The second-order valence-electron chi connectivity index (χ2n) is 4.23. The van der Waals surface area contributed by atoms with Crippen LogP contribution in [0.15, 0.2) is 10.9 Å². The molecular weight excluding hydrogens is 208 g/mol. The Morgan fingerprint density at radius 1 is 1.56 bits per heavy atom. The zero-order valence-electron chi connectivity index (χ0n) is 9.65. The fourth-order valence-corrected chi connectivity index (χ4v) is 1.60. The molecule has 0 saturated carbocycles. The Morgan fingerprint density at radius 2 is 2.12 bits per heavy atom. The fourth-order valence-electron chi connectivity index (χ4n) is 1.60. The van der Waals surface area contributed by atoms with E-state index in [4.69, 9.17) is 5.73 Å². The minimum atomic E-state index is -0.729. The lowest BCUT2D eigenvalue weighted by atomic mass is 10.1. The van der Waals surface area contributed by atoms with Gasteiger partial charge in [0.1, 0.15) is 5.56 Å². The number of hydrogen-bond acceptors (Lipinski definition) is 3. The molecule has 0 aromatic carbocycles. The normalized spacial score (nSPS) is 10.8. The number of carbonyl (C=O) groups excluding carboxylic acids is 1. The number of hydrogen-bond donors (Lipinski definition) is 2. The van der Waals surface area contributed by atoms with E-state index in [-0.39, 0.29) is 22.9 Å². The standard InChI is InChI=1S/C11H16N2O3/c1-6(2)5-13-8(14)4-7(3)9(10(12)15)11(13)16/h4,6,16H,5H2,1-3H3,(H2,12,15). The highest BCUT2D eigenvalue weighted by Crippen LogP contribution is 2.18. The zero-order valence-corrected chi connectivity index (χ0v) is 9.65. The molecule has 1 heterocycles. The molecule has 0 fully saturated rings. The number of aromatic nitrogens is 1. The average molecular weight is 224 g/mol. The molecule has 0 aliphatic heterocycles. The third-order valence-corrected chi connectivity index (χ3v) is 2.27. The Morgan fingerprint density at radius 3 is 2.56 bits per heavy atom. The monoisotopic (exact) mass is 224 g/mol. The van der Waals surface area contributed by atoms with Crippen LogP contribution in [-0.4, -0.2) is 15.6 Å². The maximum atomic E-state index is 11.6. The number of rotatable bonds is 3. The first-order valence-corrected chi connectivity index (χ1v) is 5.07. The van der Waals surface area contributed by atoms with Gasteiger partial charge in [0.05, 0.1) is 0 Å². The average Bonchev–Trinajstić information content (AvgIpc) is 2.10. The Bertz CT molecular complexity index is 475. The van der Waals surface area contributed by atoms with Crippen LogP contribution < -0.4 is 11.3 Å². The first-order valence-electron chi connectivity index (χ1n) is 5.07. The lowest BCUT2D eigenvalue weighted by molar-refractivity contribution is 0.0995. The SMILES string of the molecule is Cc1cc(=O)n(CC(C)C)c(O)c1C(N)=O. The van der Waals surface area contributed by atoms with Gasteiger partial charge in [-0.1, -0.05) is 13.8 Å². The molecule has 0 radical (unpaired) electrons. The molecule has 5 nitrogen and oxygen atoms in total. The summed E-state index contributed by atoms with van der Waals surface area (Å²) in [7, 11) is 0. The fraction of sp³-hybridized carbons (Fsp3) is 0.455. The minimum absolute atomic E-state index is 0.0141. The Hall–Kier alpha value is -1.78. The predicted octanol–water partition coefficient (Wildman–Crippen LogP) is 0.617. The summed E-state index contributed by atoms with van der Waals surface area (Å²) in [6, 6.07) is 1.31. The summed E-state index contributed by atoms with van der Waals surface area (Å²) < 4.78 is 1.16. The van der Waals surface area contributed by atoms with Crippen LogP contribution in [0.25, 0.3) is 0 Å². The number of nitrogens with zero attached hydrogens (tertiary/aromatic N) is 1. The molecule has 1 aromatic rings. The van der Waals surface area contributed by atoms with Gasteiger partial charge in [-0.15, -0.1) is 0 Å². The van der Waals surface area contributed by atoms with E-state index in [9.17, 15) is 14.7 Å². The van der Waals surface area contributed by atoms with Crippen LogP contribution >= 0.6 is 0 Å². The molecule has 0 bridgehead atoms. The van der Waals surface area contributed by atoms with Gasteiger partial charge >= 0.3 is 0 Å². The molecule has 0 aliphatic carbocycles. The van der Waals surface area contributed by atoms with Gasteiger partial charge in [-0.25, -0.2) is 0 Å². The molecule has 0 atom stereocenters. The quantitative estimate of drug-likeness (QED) is 0.789. The van der Waals surface area contributed by atoms with E-state index in [2.05, 4.69) is 0 Å². The van der Waals surface area contributed by atoms with Gasteiger partial charge in [0.2, 0.25) is 5.88 Å². The molecular formula is C11H16N2O3. The van der Waals surface area contributed by atoms with Gasteiger partial charge in [-0.2, -0.15) is 0 Å². The lowest BCUT2D eigenvalue weighted by Crippen LogP contribution is -2.26. The summed E-state index contributed by atoms with van der Waals surface area (Å²) in [5.41, 5.74) is 5.24. The van der Waals surface area contributed by atoms with E-state index in [0.29, 0.717) is 12.1 Å². The second kappa shape index (κ2) is 4.38. The first kappa shape index (κ1) is 12.3. The minimum Gasteiger partial charge on any atom is -0.494 e. The summed E-state index contributed by atoms with van der Waals surface area (Å²) in [6.07, 6.45) is 0. The van der Waals surface area contributed by atoms with Crippen molar-refractivity contribution in [1.82, 2.24) is 4.57 Å². The Labute approximate surface area is 93.5 Å².